The molecule has 82 valence electrons. The van der Waals surface area contributed by atoms with E-state index < -0.39 is 0 Å². The number of rotatable bonds is 2. The quantitative estimate of drug-likeness (QED) is 0.710. The van der Waals surface area contributed by atoms with Crippen LogP contribution in [0, 0.1) is 0 Å². The summed E-state index contributed by atoms with van der Waals surface area (Å²) in [7, 11) is 0. The Bertz CT molecular complexity index is 349. The molecule has 0 fully saturated rings. The molecule has 0 bridgehead atoms. The van der Waals surface area contributed by atoms with Gasteiger partial charge in [0, 0.05) is 25.3 Å². The molecular weight excluding hydrogens is 188 g/mol. The van der Waals surface area contributed by atoms with Gasteiger partial charge in [0.2, 0.25) is 0 Å². The lowest BCUT2D eigenvalue weighted by Gasteiger charge is -2.30. The number of fused-ring (bicyclic) bond motifs is 1. The molecule has 1 aliphatic rings. The number of nitrogen functional groups attached to an aromatic ring is 1. The van der Waals surface area contributed by atoms with Gasteiger partial charge in [0.05, 0.1) is 6.10 Å². The second-order valence-corrected chi connectivity index (χ2v) is 4.32. The fraction of sp³-hybridized carbons (Fsp3) is 0.500. The highest BCUT2D eigenvalue weighted by Crippen LogP contribution is 2.24. The van der Waals surface area contributed by atoms with Crippen LogP contribution < -0.4 is 5.73 Å². The number of nitrogens with two attached hydrogens (primary N) is 1. The molecule has 0 spiro atoms. The zero-order valence-electron chi connectivity index (χ0n) is 9.11. The van der Waals surface area contributed by atoms with Crippen LogP contribution >= 0.6 is 0 Å². The zero-order valence-corrected chi connectivity index (χ0v) is 9.11. The van der Waals surface area contributed by atoms with E-state index in [4.69, 9.17) is 5.73 Å². The molecule has 0 radical (unpaired) electrons. The van der Waals surface area contributed by atoms with Gasteiger partial charge in [-0.3, -0.25) is 4.90 Å². The van der Waals surface area contributed by atoms with E-state index in [-0.39, 0.29) is 6.10 Å². The lowest BCUT2D eigenvalue weighted by Crippen LogP contribution is -2.36. The summed E-state index contributed by atoms with van der Waals surface area (Å²) in [4.78, 5) is 2.25. The summed E-state index contributed by atoms with van der Waals surface area (Å²) < 4.78 is 0. The SMILES string of the molecule is C[C@H](O)CN1CCc2cccc(N)c2C1. The lowest BCUT2D eigenvalue weighted by atomic mass is 9.98. The summed E-state index contributed by atoms with van der Waals surface area (Å²) in [5.41, 5.74) is 9.42. The normalized spacial score (nSPS) is 18.5. The number of β-amino-alcohol motifs (C(OH)–C–C–N with tert-alkyl or cyclic N) is 1. The molecule has 1 heterocycles. The second-order valence-electron chi connectivity index (χ2n) is 4.32. The molecule has 3 nitrogen and oxygen atoms in total. The van der Waals surface area contributed by atoms with Crippen molar-refractivity contribution in [3.05, 3.63) is 29.3 Å². The Morgan fingerprint density at radius 1 is 1.53 bits per heavy atom. The first-order chi connectivity index (χ1) is 7.16. The van der Waals surface area contributed by atoms with E-state index in [0.29, 0.717) is 0 Å². The number of benzene rings is 1. The van der Waals surface area contributed by atoms with Crippen LogP contribution in [-0.2, 0) is 13.0 Å². The lowest BCUT2D eigenvalue weighted by molar-refractivity contribution is 0.119. The first kappa shape index (κ1) is 10.5. The average Bonchev–Trinajstić information content (AvgIpc) is 2.18. The van der Waals surface area contributed by atoms with Crippen molar-refractivity contribution in [2.24, 2.45) is 0 Å². The smallest absolute Gasteiger partial charge is 0.0639 e. The van der Waals surface area contributed by atoms with Crippen molar-refractivity contribution in [3.63, 3.8) is 0 Å². The van der Waals surface area contributed by atoms with Crippen LogP contribution in [0.15, 0.2) is 18.2 Å². The number of aliphatic hydroxyl groups is 1. The van der Waals surface area contributed by atoms with Crippen LogP contribution in [0.4, 0.5) is 5.69 Å². The molecule has 3 N–H and O–H groups in total. The van der Waals surface area contributed by atoms with Crippen LogP contribution in [0.1, 0.15) is 18.1 Å². The van der Waals surface area contributed by atoms with Crippen LogP contribution in [0.5, 0.6) is 0 Å². The molecule has 3 heteroatoms. The van der Waals surface area contributed by atoms with E-state index in [1.807, 2.05) is 19.1 Å². The zero-order chi connectivity index (χ0) is 10.8. The Balaban J connectivity index is 2.15. The van der Waals surface area contributed by atoms with Crippen LogP contribution in [0.2, 0.25) is 0 Å². The van der Waals surface area contributed by atoms with Gasteiger partial charge >= 0.3 is 0 Å². The Kier molecular flexibility index (Phi) is 2.93. The summed E-state index contributed by atoms with van der Waals surface area (Å²) in [6, 6.07) is 6.11. The molecule has 0 amide bonds. The van der Waals surface area contributed by atoms with E-state index in [0.717, 1.165) is 31.7 Å². The van der Waals surface area contributed by atoms with Crippen molar-refractivity contribution in [1.29, 1.82) is 0 Å². The third-order valence-corrected chi connectivity index (χ3v) is 2.91. The van der Waals surface area contributed by atoms with Gasteiger partial charge in [-0.25, -0.2) is 0 Å². The summed E-state index contributed by atoms with van der Waals surface area (Å²) >= 11 is 0. The minimum Gasteiger partial charge on any atom is -0.398 e. The number of anilines is 1. The molecule has 0 aliphatic carbocycles. The van der Waals surface area contributed by atoms with Crippen LogP contribution in [0.3, 0.4) is 0 Å². The van der Waals surface area contributed by atoms with E-state index in [2.05, 4.69) is 11.0 Å². The largest absolute Gasteiger partial charge is 0.398 e. The van der Waals surface area contributed by atoms with Gasteiger partial charge in [0.25, 0.3) is 0 Å². The van der Waals surface area contributed by atoms with Gasteiger partial charge in [0.1, 0.15) is 0 Å². The molecule has 1 aliphatic heterocycles. The number of nitrogens with zero attached hydrogens (tertiary/aromatic N) is 1. The molecule has 15 heavy (non-hydrogen) atoms. The molecule has 0 unspecified atom stereocenters. The molecule has 1 atom stereocenters. The van der Waals surface area contributed by atoms with Crippen molar-refractivity contribution in [1.82, 2.24) is 4.90 Å². The van der Waals surface area contributed by atoms with E-state index in [1.54, 1.807) is 0 Å². The van der Waals surface area contributed by atoms with E-state index in [1.165, 1.54) is 11.1 Å². The van der Waals surface area contributed by atoms with Gasteiger partial charge in [0.15, 0.2) is 0 Å². The summed E-state index contributed by atoms with van der Waals surface area (Å²) in [5.74, 6) is 0. The van der Waals surface area contributed by atoms with Crippen molar-refractivity contribution in [2.45, 2.75) is 26.0 Å². The third-order valence-electron chi connectivity index (χ3n) is 2.91. The molecule has 0 saturated heterocycles. The molecule has 1 aromatic rings. The second kappa shape index (κ2) is 4.21. The molecule has 1 aromatic carbocycles. The topological polar surface area (TPSA) is 49.5 Å². The summed E-state index contributed by atoms with van der Waals surface area (Å²) in [5, 5.41) is 9.35. The van der Waals surface area contributed by atoms with Crippen molar-refractivity contribution >= 4 is 5.69 Å². The Morgan fingerprint density at radius 3 is 3.07 bits per heavy atom. The fourth-order valence-corrected chi connectivity index (χ4v) is 2.19. The van der Waals surface area contributed by atoms with Crippen molar-refractivity contribution in [3.8, 4) is 0 Å². The summed E-state index contributed by atoms with van der Waals surface area (Å²) in [6.07, 6.45) is 0.768. The van der Waals surface area contributed by atoms with E-state index >= 15 is 0 Å². The number of aliphatic hydroxyl groups excluding tert-OH is 1. The van der Waals surface area contributed by atoms with E-state index in [9.17, 15) is 5.11 Å². The van der Waals surface area contributed by atoms with Crippen LogP contribution in [0.25, 0.3) is 0 Å². The highest BCUT2D eigenvalue weighted by Gasteiger charge is 2.18. The van der Waals surface area contributed by atoms with Gasteiger partial charge < -0.3 is 10.8 Å². The van der Waals surface area contributed by atoms with Crippen molar-refractivity contribution < 1.29 is 5.11 Å². The van der Waals surface area contributed by atoms with Gasteiger partial charge in [-0.05, 0) is 30.5 Å². The van der Waals surface area contributed by atoms with Gasteiger partial charge in [-0.1, -0.05) is 12.1 Å². The Hall–Kier alpha value is -1.06. The maximum atomic E-state index is 9.35. The summed E-state index contributed by atoms with van der Waals surface area (Å²) in [6.45, 7) is 4.44. The first-order valence-corrected chi connectivity index (χ1v) is 5.43. The van der Waals surface area contributed by atoms with Gasteiger partial charge in [-0.2, -0.15) is 0 Å². The molecule has 2 rings (SSSR count). The fourth-order valence-electron chi connectivity index (χ4n) is 2.19. The Morgan fingerprint density at radius 2 is 2.33 bits per heavy atom. The van der Waals surface area contributed by atoms with Crippen molar-refractivity contribution in [2.75, 3.05) is 18.8 Å². The van der Waals surface area contributed by atoms with Crippen LogP contribution in [-0.4, -0.2) is 29.2 Å². The third kappa shape index (κ3) is 2.30. The standard InChI is InChI=1S/C12H18N2O/c1-9(15)7-14-6-5-10-3-2-4-12(13)11(10)8-14/h2-4,9,15H,5-8,13H2,1H3/t9-/m0/s1. The Labute approximate surface area is 90.5 Å². The first-order valence-electron chi connectivity index (χ1n) is 5.43. The highest BCUT2D eigenvalue weighted by atomic mass is 16.3. The monoisotopic (exact) mass is 206 g/mol. The number of hydrogen-bond acceptors (Lipinski definition) is 3. The maximum Gasteiger partial charge on any atom is 0.0639 e. The minimum absolute atomic E-state index is 0.267. The molecule has 0 aromatic heterocycles. The average molecular weight is 206 g/mol. The number of hydrogen-bond donors (Lipinski definition) is 2. The predicted molar refractivity (Wildman–Crippen MR) is 61.5 cm³/mol. The highest BCUT2D eigenvalue weighted by molar-refractivity contribution is 5.51. The predicted octanol–water partition coefficient (Wildman–Crippen LogP) is 1.01. The minimum atomic E-state index is -0.267. The maximum absolute atomic E-state index is 9.35. The molecule has 0 saturated carbocycles. The molecular formula is C12H18N2O. The van der Waals surface area contributed by atoms with Gasteiger partial charge in [-0.15, -0.1) is 0 Å².